The molecule has 1 N–H and O–H groups in total. The molecular weight excluding hydrogens is 224 g/mol. The quantitative estimate of drug-likeness (QED) is 0.799. The van der Waals surface area contributed by atoms with E-state index in [2.05, 4.69) is 10.3 Å². The van der Waals surface area contributed by atoms with Crippen LogP contribution in [0.1, 0.15) is 20.8 Å². The zero-order valence-corrected chi connectivity index (χ0v) is 10.1. The molecule has 1 aromatic rings. The van der Waals surface area contributed by atoms with Crippen LogP contribution in [-0.2, 0) is 16.1 Å². The zero-order chi connectivity index (χ0) is 13.1. The normalized spacial score (nSPS) is 11.2. The number of carbonyl (C=O) groups excluding carboxylic acids is 1. The Hall–Kier alpha value is -1.92. The van der Waals surface area contributed by atoms with Gasteiger partial charge in [-0.25, -0.2) is 4.68 Å². The summed E-state index contributed by atoms with van der Waals surface area (Å²) in [5, 5.41) is 16.0. The third-order valence-corrected chi connectivity index (χ3v) is 2.17. The third kappa shape index (κ3) is 3.86. The van der Waals surface area contributed by atoms with E-state index >= 15 is 0 Å². The summed E-state index contributed by atoms with van der Waals surface area (Å²) in [6, 6.07) is 0. The Morgan fingerprint density at radius 2 is 2.06 bits per heavy atom. The molecule has 0 radical (unpaired) electrons. The number of amides is 1. The molecule has 0 saturated heterocycles. The molecule has 0 spiro atoms. The number of carbonyl (C=O) groups is 2. The summed E-state index contributed by atoms with van der Waals surface area (Å²) in [6.45, 7) is 5.03. The van der Waals surface area contributed by atoms with Crippen LogP contribution in [0.4, 0.5) is 0 Å². The van der Waals surface area contributed by atoms with E-state index in [0.29, 0.717) is 0 Å². The second kappa shape index (κ2) is 4.94. The number of rotatable bonds is 4. The van der Waals surface area contributed by atoms with E-state index in [4.69, 9.17) is 5.11 Å². The van der Waals surface area contributed by atoms with Crippen LogP contribution in [-0.4, -0.2) is 49.0 Å². The first-order valence-corrected chi connectivity index (χ1v) is 5.17. The van der Waals surface area contributed by atoms with Crippen molar-refractivity contribution in [3.8, 4) is 0 Å². The van der Waals surface area contributed by atoms with Gasteiger partial charge in [-0.15, -0.1) is 5.10 Å². The van der Waals surface area contributed by atoms with E-state index < -0.39 is 11.5 Å². The van der Waals surface area contributed by atoms with Gasteiger partial charge in [0.2, 0.25) is 5.91 Å². The molecule has 0 aliphatic rings. The highest BCUT2D eigenvalue weighted by Gasteiger charge is 2.28. The molecule has 7 nitrogen and oxygen atoms in total. The molecule has 1 rings (SSSR count). The molecule has 17 heavy (non-hydrogen) atoms. The predicted molar refractivity (Wildman–Crippen MR) is 59.1 cm³/mol. The topological polar surface area (TPSA) is 88.3 Å². The van der Waals surface area contributed by atoms with E-state index in [0.717, 1.165) is 0 Å². The Bertz CT molecular complexity index is 394. The van der Waals surface area contributed by atoms with Crippen molar-refractivity contribution in [3.63, 3.8) is 0 Å². The highest BCUT2D eigenvalue weighted by atomic mass is 16.4. The maximum atomic E-state index is 12.0. The van der Waals surface area contributed by atoms with Crippen LogP contribution in [0.3, 0.4) is 0 Å². The van der Waals surface area contributed by atoms with Gasteiger partial charge in [-0.3, -0.25) is 9.59 Å². The molecule has 0 bridgehead atoms. The summed E-state index contributed by atoms with van der Waals surface area (Å²) in [5.41, 5.74) is -0.546. The monoisotopic (exact) mass is 240 g/mol. The summed E-state index contributed by atoms with van der Waals surface area (Å²) in [5.74, 6) is -1.34. The Labute approximate surface area is 99.0 Å². The van der Waals surface area contributed by atoms with Crippen LogP contribution < -0.4 is 0 Å². The molecular formula is C10H16N4O3. The van der Waals surface area contributed by atoms with Gasteiger partial charge in [0.1, 0.15) is 13.1 Å². The molecule has 0 saturated carbocycles. The fourth-order valence-electron chi connectivity index (χ4n) is 1.38. The van der Waals surface area contributed by atoms with Crippen molar-refractivity contribution in [1.29, 1.82) is 0 Å². The maximum Gasteiger partial charge on any atom is 0.323 e. The number of aliphatic carboxylic acids is 1. The van der Waals surface area contributed by atoms with Gasteiger partial charge in [0, 0.05) is 11.7 Å². The lowest BCUT2D eigenvalue weighted by Gasteiger charge is -2.34. The van der Waals surface area contributed by atoms with E-state index in [-0.39, 0.29) is 19.0 Å². The van der Waals surface area contributed by atoms with Gasteiger partial charge in [0.25, 0.3) is 0 Å². The largest absolute Gasteiger partial charge is 0.480 e. The minimum Gasteiger partial charge on any atom is -0.480 e. The number of nitrogens with zero attached hydrogens (tertiary/aromatic N) is 4. The SMILES string of the molecule is CC(C)(C)N(CC(=O)O)C(=O)Cn1ccnn1. The van der Waals surface area contributed by atoms with Crippen molar-refractivity contribution in [3.05, 3.63) is 12.4 Å². The first-order valence-electron chi connectivity index (χ1n) is 5.17. The van der Waals surface area contributed by atoms with Gasteiger partial charge < -0.3 is 10.0 Å². The van der Waals surface area contributed by atoms with Crippen LogP contribution in [0.2, 0.25) is 0 Å². The average molecular weight is 240 g/mol. The van der Waals surface area contributed by atoms with Crippen molar-refractivity contribution >= 4 is 11.9 Å². The van der Waals surface area contributed by atoms with Crippen molar-refractivity contribution in [2.75, 3.05) is 6.54 Å². The molecule has 1 heterocycles. The van der Waals surface area contributed by atoms with Crippen molar-refractivity contribution in [2.45, 2.75) is 32.9 Å². The lowest BCUT2D eigenvalue weighted by Crippen LogP contribution is -2.49. The lowest BCUT2D eigenvalue weighted by atomic mass is 10.1. The minimum absolute atomic E-state index is 0.00938. The standard InChI is InChI=1S/C10H16N4O3/c1-10(2,3)14(7-9(16)17)8(15)6-13-5-4-11-12-13/h4-5H,6-7H2,1-3H3,(H,16,17). The van der Waals surface area contributed by atoms with Crippen LogP contribution in [0, 0.1) is 0 Å². The second-order valence-corrected chi connectivity index (χ2v) is 4.65. The zero-order valence-electron chi connectivity index (χ0n) is 10.1. The van der Waals surface area contributed by atoms with Gasteiger partial charge in [-0.1, -0.05) is 5.21 Å². The fourth-order valence-corrected chi connectivity index (χ4v) is 1.38. The van der Waals surface area contributed by atoms with Crippen LogP contribution in [0.5, 0.6) is 0 Å². The first kappa shape index (κ1) is 13.1. The summed E-state index contributed by atoms with van der Waals surface area (Å²) in [6.07, 6.45) is 3.02. The Morgan fingerprint density at radius 1 is 1.41 bits per heavy atom. The average Bonchev–Trinajstić information content (AvgIpc) is 2.64. The second-order valence-electron chi connectivity index (χ2n) is 4.65. The smallest absolute Gasteiger partial charge is 0.323 e. The Morgan fingerprint density at radius 3 is 2.47 bits per heavy atom. The molecule has 1 aromatic heterocycles. The highest BCUT2D eigenvalue weighted by molar-refractivity contribution is 5.81. The van der Waals surface area contributed by atoms with Gasteiger partial charge in [0.05, 0.1) is 6.20 Å². The van der Waals surface area contributed by atoms with Gasteiger partial charge in [-0.05, 0) is 20.8 Å². The van der Waals surface area contributed by atoms with E-state index in [1.165, 1.54) is 15.8 Å². The number of hydrogen-bond donors (Lipinski definition) is 1. The third-order valence-electron chi connectivity index (χ3n) is 2.17. The van der Waals surface area contributed by atoms with E-state index in [9.17, 15) is 9.59 Å². The Balaban J connectivity index is 2.76. The Kier molecular flexibility index (Phi) is 3.82. The van der Waals surface area contributed by atoms with E-state index in [1.807, 2.05) is 0 Å². The first-order chi connectivity index (χ1) is 7.80. The maximum absolute atomic E-state index is 12.0. The summed E-state index contributed by atoms with van der Waals surface area (Å²) >= 11 is 0. The highest BCUT2D eigenvalue weighted by Crippen LogP contribution is 2.13. The van der Waals surface area contributed by atoms with Crippen molar-refractivity contribution in [1.82, 2.24) is 19.9 Å². The lowest BCUT2D eigenvalue weighted by molar-refractivity contribution is -0.148. The van der Waals surface area contributed by atoms with Crippen LogP contribution >= 0.6 is 0 Å². The summed E-state index contributed by atoms with van der Waals surface area (Å²) in [7, 11) is 0. The molecule has 94 valence electrons. The molecule has 0 aliphatic carbocycles. The molecule has 0 aliphatic heterocycles. The number of aromatic nitrogens is 3. The molecule has 0 atom stereocenters. The summed E-state index contributed by atoms with van der Waals surface area (Å²) in [4.78, 5) is 24.0. The predicted octanol–water partition coefficient (Wildman–Crippen LogP) is -0.0102. The number of hydrogen-bond acceptors (Lipinski definition) is 4. The van der Waals surface area contributed by atoms with Gasteiger partial charge >= 0.3 is 5.97 Å². The molecule has 1 amide bonds. The van der Waals surface area contributed by atoms with E-state index in [1.54, 1.807) is 27.0 Å². The molecule has 0 fully saturated rings. The molecule has 7 heteroatoms. The van der Waals surface area contributed by atoms with Gasteiger partial charge in [-0.2, -0.15) is 0 Å². The number of carboxylic acids is 1. The van der Waals surface area contributed by atoms with Crippen molar-refractivity contribution in [2.24, 2.45) is 0 Å². The minimum atomic E-state index is -1.04. The van der Waals surface area contributed by atoms with Crippen molar-refractivity contribution < 1.29 is 14.7 Å². The van der Waals surface area contributed by atoms with Crippen LogP contribution in [0.25, 0.3) is 0 Å². The van der Waals surface area contributed by atoms with Gasteiger partial charge in [0.15, 0.2) is 0 Å². The summed E-state index contributed by atoms with van der Waals surface area (Å²) < 4.78 is 1.36. The molecule has 0 unspecified atom stereocenters. The van der Waals surface area contributed by atoms with Crippen LogP contribution in [0.15, 0.2) is 12.4 Å². The fraction of sp³-hybridized carbons (Fsp3) is 0.600. The number of carboxylic acid groups (broad SMARTS) is 1. The molecule has 0 aromatic carbocycles.